The van der Waals surface area contributed by atoms with Gasteiger partial charge in [0.2, 0.25) is 5.91 Å². The Labute approximate surface area is 171 Å². The van der Waals surface area contributed by atoms with Crippen molar-refractivity contribution in [2.24, 2.45) is 4.99 Å². The van der Waals surface area contributed by atoms with E-state index in [0.29, 0.717) is 49.4 Å². The molecule has 0 aliphatic heterocycles. The molecule has 0 radical (unpaired) electrons. The predicted molar refractivity (Wildman–Crippen MR) is 106 cm³/mol. The van der Waals surface area contributed by atoms with E-state index in [1.165, 1.54) is 0 Å². The van der Waals surface area contributed by atoms with Gasteiger partial charge in [-0.15, -0.1) is 35.3 Å². The van der Waals surface area contributed by atoms with E-state index >= 15 is 0 Å². The number of guanidine groups is 1. The Morgan fingerprint density at radius 2 is 2.04 bits per heavy atom. The summed E-state index contributed by atoms with van der Waals surface area (Å²) in [6, 6.07) is 0.374. The molecule has 0 bridgehead atoms. The van der Waals surface area contributed by atoms with E-state index in [9.17, 15) is 18.0 Å². The summed E-state index contributed by atoms with van der Waals surface area (Å²) < 4.78 is 37.4. The molecule has 0 spiro atoms. The topological polar surface area (TPSA) is 78.4 Å². The highest BCUT2D eigenvalue weighted by molar-refractivity contribution is 14.0. The van der Waals surface area contributed by atoms with Crippen molar-refractivity contribution < 1.29 is 18.0 Å². The van der Waals surface area contributed by atoms with Crippen molar-refractivity contribution in [2.45, 2.75) is 44.3 Å². The summed E-state index contributed by atoms with van der Waals surface area (Å²) in [4.78, 5) is 19.2. The quantitative estimate of drug-likeness (QED) is 0.220. The molecule has 1 aromatic heterocycles. The zero-order valence-electron chi connectivity index (χ0n) is 14.4. The minimum absolute atomic E-state index is 0. The Morgan fingerprint density at radius 3 is 2.62 bits per heavy atom. The number of halogens is 4. The molecule has 0 aromatic carbocycles. The number of amides is 1. The molecule has 0 unspecified atom stereocenters. The van der Waals surface area contributed by atoms with E-state index in [1.54, 1.807) is 7.05 Å². The second kappa shape index (κ2) is 10.9. The maximum absolute atomic E-state index is 12.5. The maximum atomic E-state index is 12.5. The van der Waals surface area contributed by atoms with E-state index in [-0.39, 0.29) is 29.9 Å². The Kier molecular flexibility index (Phi) is 9.61. The summed E-state index contributed by atoms with van der Waals surface area (Å²) in [5.74, 6) is 0.617. The zero-order chi connectivity index (χ0) is 18.3. The fourth-order valence-corrected chi connectivity index (χ4v) is 2.85. The SMILES string of the molecule is CN=C(NCCCC(=O)NC1CC1)NCCc1nc(C(F)(F)F)cs1.I. The summed E-state index contributed by atoms with van der Waals surface area (Å²) in [5.41, 5.74) is -0.848. The number of alkyl halides is 3. The summed E-state index contributed by atoms with van der Waals surface area (Å²) in [6.07, 6.45) is -0.731. The number of thiazole rings is 1. The number of carbonyl (C=O) groups excluding carboxylic acids is 1. The van der Waals surface area contributed by atoms with Crippen molar-refractivity contribution in [2.75, 3.05) is 20.1 Å². The summed E-state index contributed by atoms with van der Waals surface area (Å²) in [6.45, 7) is 1.01. The highest BCUT2D eigenvalue weighted by Gasteiger charge is 2.33. The van der Waals surface area contributed by atoms with Crippen LogP contribution in [-0.4, -0.2) is 43.0 Å². The molecule has 2 rings (SSSR count). The van der Waals surface area contributed by atoms with Gasteiger partial charge in [0.05, 0.1) is 5.01 Å². The van der Waals surface area contributed by atoms with Gasteiger partial charge in [0.1, 0.15) is 0 Å². The third kappa shape index (κ3) is 8.52. The van der Waals surface area contributed by atoms with Crippen LogP contribution in [0.25, 0.3) is 0 Å². The van der Waals surface area contributed by atoms with Gasteiger partial charge in [-0.3, -0.25) is 9.79 Å². The second-order valence-corrected chi connectivity index (χ2v) is 6.69. The maximum Gasteiger partial charge on any atom is 0.434 e. The van der Waals surface area contributed by atoms with Gasteiger partial charge in [0.15, 0.2) is 11.7 Å². The van der Waals surface area contributed by atoms with Crippen LogP contribution in [0.5, 0.6) is 0 Å². The van der Waals surface area contributed by atoms with Crippen molar-refractivity contribution >= 4 is 47.2 Å². The van der Waals surface area contributed by atoms with Crippen LogP contribution in [0.4, 0.5) is 13.2 Å². The number of nitrogens with zero attached hydrogens (tertiary/aromatic N) is 2. The molecule has 1 saturated carbocycles. The molecule has 1 fully saturated rings. The third-order valence-corrected chi connectivity index (χ3v) is 4.42. The molecule has 148 valence electrons. The van der Waals surface area contributed by atoms with Crippen molar-refractivity contribution in [1.82, 2.24) is 20.9 Å². The van der Waals surface area contributed by atoms with Crippen molar-refractivity contribution in [1.29, 1.82) is 0 Å². The van der Waals surface area contributed by atoms with Gasteiger partial charge in [-0.05, 0) is 19.3 Å². The third-order valence-electron chi connectivity index (χ3n) is 3.51. The molecular weight excluding hydrogens is 482 g/mol. The van der Waals surface area contributed by atoms with Crippen LogP contribution < -0.4 is 16.0 Å². The summed E-state index contributed by atoms with van der Waals surface area (Å²) in [5, 5.41) is 10.5. The first-order valence-corrected chi connectivity index (χ1v) is 9.02. The van der Waals surface area contributed by atoms with Gasteiger partial charge in [0.25, 0.3) is 0 Å². The number of aromatic nitrogens is 1. The van der Waals surface area contributed by atoms with E-state index in [1.807, 2.05) is 0 Å². The largest absolute Gasteiger partial charge is 0.434 e. The first-order valence-electron chi connectivity index (χ1n) is 8.14. The predicted octanol–water partition coefficient (Wildman–Crippen LogP) is 2.55. The molecule has 3 N–H and O–H groups in total. The number of carbonyl (C=O) groups is 1. The molecule has 11 heteroatoms. The van der Waals surface area contributed by atoms with Gasteiger partial charge in [-0.25, -0.2) is 4.98 Å². The minimum atomic E-state index is -4.40. The lowest BCUT2D eigenvalue weighted by molar-refractivity contribution is -0.140. The first-order chi connectivity index (χ1) is 11.9. The summed E-state index contributed by atoms with van der Waals surface area (Å²) in [7, 11) is 1.61. The molecular formula is C15H23F3IN5OS. The number of rotatable bonds is 8. The standard InChI is InChI=1S/C15H22F3N5OS.HI/c1-19-14(20-7-2-3-12(24)22-10-4-5-10)21-8-6-13-23-11(9-25-13)15(16,17)18;/h9-10H,2-8H2,1H3,(H,22,24)(H2,19,20,21);1H. The molecule has 1 aliphatic rings. The van der Waals surface area contributed by atoms with Crippen LogP contribution >= 0.6 is 35.3 Å². The van der Waals surface area contributed by atoms with Crippen molar-refractivity contribution in [3.05, 3.63) is 16.1 Å². The Hall–Kier alpha value is -1.11. The Balaban J connectivity index is 0.00000338. The number of hydrogen-bond donors (Lipinski definition) is 3. The zero-order valence-corrected chi connectivity index (χ0v) is 17.5. The summed E-state index contributed by atoms with van der Waals surface area (Å²) >= 11 is 0.994. The molecule has 1 heterocycles. The van der Waals surface area contributed by atoms with Gasteiger partial charge in [0, 0.05) is 44.4 Å². The average Bonchev–Trinajstić information content (AvgIpc) is 3.22. The van der Waals surface area contributed by atoms with E-state index in [4.69, 9.17) is 0 Å². The highest BCUT2D eigenvalue weighted by Crippen LogP contribution is 2.29. The molecule has 26 heavy (non-hydrogen) atoms. The number of aliphatic imine (C=N–C) groups is 1. The van der Waals surface area contributed by atoms with E-state index in [2.05, 4.69) is 25.9 Å². The lowest BCUT2D eigenvalue weighted by Gasteiger charge is -2.11. The lowest BCUT2D eigenvalue weighted by Crippen LogP contribution is -2.39. The lowest BCUT2D eigenvalue weighted by atomic mass is 10.3. The van der Waals surface area contributed by atoms with Crippen LogP contribution in [-0.2, 0) is 17.4 Å². The van der Waals surface area contributed by atoms with Gasteiger partial charge in [-0.1, -0.05) is 0 Å². The van der Waals surface area contributed by atoms with Crippen LogP contribution in [0, 0.1) is 0 Å². The van der Waals surface area contributed by atoms with Gasteiger partial charge >= 0.3 is 6.18 Å². The molecule has 0 saturated heterocycles. The van der Waals surface area contributed by atoms with Gasteiger partial charge in [-0.2, -0.15) is 13.2 Å². The van der Waals surface area contributed by atoms with E-state index in [0.717, 1.165) is 29.6 Å². The van der Waals surface area contributed by atoms with Gasteiger partial charge < -0.3 is 16.0 Å². The smallest absolute Gasteiger partial charge is 0.356 e. The molecule has 6 nitrogen and oxygen atoms in total. The molecule has 1 aliphatic carbocycles. The van der Waals surface area contributed by atoms with Crippen molar-refractivity contribution in [3.63, 3.8) is 0 Å². The van der Waals surface area contributed by atoms with Crippen LogP contribution in [0.3, 0.4) is 0 Å². The average molecular weight is 505 g/mol. The van der Waals surface area contributed by atoms with Crippen molar-refractivity contribution in [3.8, 4) is 0 Å². The fraction of sp³-hybridized carbons (Fsp3) is 0.667. The number of nitrogens with one attached hydrogen (secondary N) is 3. The highest BCUT2D eigenvalue weighted by atomic mass is 127. The molecule has 1 aromatic rings. The Bertz CT molecular complexity index is 604. The first kappa shape index (κ1) is 22.9. The normalized spacial score (nSPS) is 14.5. The monoisotopic (exact) mass is 505 g/mol. The Morgan fingerprint density at radius 1 is 1.35 bits per heavy atom. The second-order valence-electron chi connectivity index (χ2n) is 5.75. The van der Waals surface area contributed by atoms with Crippen LogP contribution in [0.2, 0.25) is 0 Å². The molecule has 1 amide bonds. The fourth-order valence-electron chi connectivity index (χ4n) is 2.05. The minimum Gasteiger partial charge on any atom is -0.356 e. The van der Waals surface area contributed by atoms with Crippen LogP contribution in [0.1, 0.15) is 36.4 Å². The number of hydrogen-bond acceptors (Lipinski definition) is 4. The molecule has 0 atom stereocenters. The van der Waals surface area contributed by atoms with Crippen LogP contribution in [0.15, 0.2) is 10.4 Å². The van der Waals surface area contributed by atoms with E-state index < -0.39 is 11.9 Å².